The second-order valence-electron chi connectivity index (χ2n) is 10.1. The molecule has 0 spiro atoms. The number of benzene rings is 2. The highest BCUT2D eigenvalue weighted by Crippen LogP contribution is 2.38. The number of nitrogens with zero attached hydrogens (tertiary/aromatic N) is 4. The molecule has 1 atom stereocenters. The molecule has 38 heavy (non-hydrogen) atoms. The monoisotopic (exact) mass is 542 g/mol. The van der Waals surface area contributed by atoms with Crippen LogP contribution in [0.15, 0.2) is 65.8 Å². The van der Waals surface area contributed by atoms with Crippen LogP contribution in [0.4, 0.5) is 8.78 Å². The molecule has 10 heteroatoms. The van der Waals surface area contributed by atoms with Crippen molar-refractivity contribution in [1.82, 2.24) is 19.8 Å². The number of piperidine rings is 1. The van der Waals surface area contributed by atoms with Crippen molar-refractivity contribution < 1.29 is 21.9 Å². The van der Waals surface area contributed by atoms with Gasteiger partial charge in [-0.15, -0.1) is 0 Å². The fourth-order valence-corrected chi connectivity index (χ4v) is 6.16. The fraction of sp³-hybridized carbons (Fsp3) is 0.429. The van der Waals surface area contributed by atoms with Gasteiger partial charge in [-0.3, -0.25) is 9.80 Å². The first-order chi connectivity index (χ1) is 18.3. The average molecular weight is 543 g/mol. The van der Waals surface area contributed by atoms with Crippen LogP contribution in [-0.4, -0.2) is 60.6 Å². The molecule has 3 aromatic rings. The van der Waals surface area contributed by atoms with E-state index in [9.17, 15) is 17.2 Å². The standard InChI is InChI=1S/C28H32F2N4O3S/c1-38(35,36)25-15-21(27(28(29)30)34-16-22-5-2-3-6-23(22)17-34)7-8-24(25)37-19-20-9-13-33(14-10-20)18-26-31-11-4-12-32-26/h2-8,11-12,15,20,27-28H,9-10,13-14,16-19H2,1H3. The fourth-order valence-electron chi connectivity index (χ4n) is 5.32. The number of hydrogen-bond acceptors (Lipinski definition) is 7. The van der Waals surface area contributed by atoms with Gasteiger partial charge in [0, 0.05) is 31.7 Å². The molecule has 0 amide bonds. The third-order valence-electron chi connectivity index (χ3n) is 7.37. The number of sulfone groups is 1. The maximum atomic E-state index is 14.3. The largest absolute Gasteiger partial charge is 0.492 e. The zero-order valence-electron chi connectivity index (χ0n) is 21.3. The minimum Gasteiger partial charge on any atom is -0.492 e. The second kappa shape index (κ2) is 11.4. The van der Waals surface area contributed by atoms with Gasteiger partial charge in [-0.2, -0.15) is 0 Å². The van der Waals surface area contributed by atoms with E-state index in [0.29, 0.717) is 26.2 Å². The molecule has 1 fully saturated rings. The summed E-state index contributed by atoms with van der Waals surface area (Å²) < 4.78 is 60.0. The van der Waals surface area contributed by atoms with E-state index >= 15 is 0 Å². The Bertz CT molecular complexity index is 1320. The van der Waals surface area contributed by atoms with Crippen LogP contribution >= 0.6 is 0 Å². The summed E-state index contributed by atoms with van der Waals surface area (Å²) in [4.78, 5) is 12.5. The molecular weight excluding hydrogens is 510 g/mol. The Labute approximate surface area is 222 Å². The molecule has 0 aliphatic carbocycles. The summed E-state index contributed by atoms with van der Waals surface area (Å²) in [5.74, 6) is 1.28. The van der Waals surface area contributed by atoms with E-state index in [2.05, 4.69) is 14.9 Å². The Morgan fingerprint density at radius 1 is 1.00 bits per heavy atom. The van der Waals surface area contributed by atoms with Gasteiger partial charge in [0.15, 0.2) is 9.84 Å². The van der Waals surface area contributed by atoms with Crippen molar-refractivity contribution in [1.29, 1.82) is 0 Å². The zero-order valence-corrected chi connectivity index (χ0v) is 22.2. The van der Waals surface area contributed by atoms with Crippen LogP contribution in [0.2, 0.25) is 0 Å². The number of hydrogen-bond donors (Lipinski definition) is 0. The quantitative estimate of drug-likeness (QED) is 0.394. The molecule has 2 aromatic carbocycles. The summed E-state index contributed by atoms with van der Waals surface area (Å²) >= 11 is 0. The first-order valence-electron chi connectivity index (χ1n) is 12.8. The van der Waals surface area contributed by atoms with Crippen LogP contribution in [0, 0.1) is 5.92 Å². The minimum atomic E-state index is -3.70. The van der Waals surface area contributed by atoms with E-state index in [-0.39, 0.29) is 22.1 Å². The third kappa shape index (κ3) is 6.19. The summed E-state index contributed by atoms with van der Waals surface area (Å²) in [5, 5.41) is 0. The van der Waals surface area contributed by atoms with Crippen LogP contribution in [-0.2, 0) is 29.5 Å². The minimum absolute atomic E-state index is 0.0453. The molecule has 0 bridgehead atoms. The first-order valence-corrected chi connectivity index (χ1v) is 14.7. The van der Waals surface area contributed by atoms with E-state index in [1.807, 2.05) is 24.3 Å². The highest BCUT2D eigenvalue weighted by atomic mass is 32.2. The predicted molar refractivity (Wildman–Crippen MR) is 140 cm³/mol. The normalized spacial score (nSPS) is 18.0. The third-order valence-corrected chi connectivity index (χ3v) is 8.49. The van der Waals surface area contributed by atoms with Crippen molar-refractivity contribution in [2.45, 2.75) is 49.8 Å². The lowest BCUT2D eigenvalue weighted by Crippen LogP contribution is -2.35. The van der Waals surface area contributed by atoms with Crippen molar-refractivity contribution in [3.8, 4) is 5.75 Å². The van der Waals surface area contributed by atoms with Gasteiger partial charge < -0.3 is 4.74 Å². The molecule has 1 aromatic heterocycles. The number of likely N-dealkylation sites (tertiary alicyclic amines) is 1. The average Bonchev–Trinajstić information content (AvgIpc) is 3.32. The van der Waals surface area contributed by atoms with Crippen molar-refractivity contribution in [2.24, 2.45) is 5.92 Å². The highest BCUT2D eigenvalue weighted by molar-refractivity contribution is 7.90. The molecule has 7 nitrogen and oxygen atoms in total. The number of aromatic nitrogens is 2. The highest BCUT2D eigenvalue weighted by Gasteiger charge is 2.34. The van der Waals surface area contributed by atoms with Crippen LogP contribution in [0.25, 0.3) is 0 Å². The molecule has 3 heterocycles. The van der Waals surface area contributed by atoms with Gasteiger partial charge in [-0.25, -0.2) is 27.2 Å². The zero-order chi connectivity index (χ0) is 26.7. The first kappa shape index (κ1) is 26.6. The van der Waals surface area contributed by atoms with Crippen molar-refractivity contribution in [3.05, 3.63) is 83.4 Å². The SMILES string of the molecule is CS(=O)(=O)c1cc(C(C(F)F)N2Cc3ccccc3C2)ccc1OCC1CCN(Cc2ncccn2)CC1. The second-order valence-corrected chi connectivity index (χ2v) is 12.1. The van der Waals surface area contributed by atoms with Crippen LogP contribution < -0.4 is 4.74 Å². The molecule has 1 saturated heterocycles. The van der Waals surface area contributed by atoms with Gasteiger partial charge in [0.1, 0.15) is 16.5 Å². The molecule has 5 rings (SSSR count). The molecule has 0 N–H and O–H groups in total. The molecular formula is C28H32F2N4O3S. The predicted octanol–water partition coefficient (Wildman–Crippen LogP) is 4.49. The van der Waals surface area contributed by atoms with Crippen molar-refractivity contribution in [3.63, 3.8) is 0 Å². The van der Waals surface area contributed by atoms with Crippen molar-refractivity contribution >= 4 is 9.84 Å². The Morgan fingerprint density at radius 3 is 2.26 bits per heavy atom. The lowest BCUT2D eigenvalue weighted by molar-refractivity contribution is 0.0214. The van der Waals surface area contributed by atoms with E-state index in [4.69, 9.17) is 4.74 Å². The molecule has 202 valence electrons. The van der Waals surface area contributed by atoms with Crippen molar-refractivity contribution in [2.75, 3.05) is 26.0 Å². The smallest absolute Gasteiger partial charge is 0.258 e. The van der Waals surface area contributed by atoms with Gasteiger partial charge in [-0.05, 0) is 66.7 Å². The van der Waals surface area contributed by atoms with Crippen LogP contribution in [0.5, 0.6) is 5.75 Å². The summed E-state index contributed by atoms with van der Waals surface area (Å²) in [7, 11) is -3.70. The van der Waals surface area contributed by atoms with Crippen LogP contribution in [0.3, 0.4) is 0 Å². The maximum Gasteiger partial charge on any atom is 0.258 e. The maximum absolute atomic E-state index is 14.3. The van der Waals surface area contributed by atoms with E-state index in [0.717, 1.165) is 49.1 Å². The number of fused-ring (bicyclic) bond motifs is 1. The molecule has 0 radical (unpaired) electrons. The number of halogens is 2. The van der Waals surface area contributed by atoms with Gasteiger partial charge in [-0.1, -0.05) is 30.3 Å². The number of alkyl halides is 2. The summed E-state index contributed by atoms with van der Waals surface area (Å²) in [6, 6.07) is 12.7. The van der Waals surface area contributed by atoms with Gasteiger partial charge >= 0.3 is 0 Å². The lowest BCUT2D eigenvalue weighted by atomic mass is 9.98. The summed E-state index contributed by atoms with van der Waals surface area (Å²) in [6.45, 7) is 3.61. The Hall–Kier alpha value is -2.95. The summed E-state index contributed by atoms with van der Waals surface area (Å²) in [5.41, 5.74) is 2.31. The molecule has 1 unspecified atom stereocenters. The number of rotatable bonds is 9. The lowest BCUT2D eigenvalue weighted by Gasteiger charge is -2.31. The van der Waals surface area contributed by atoms with E-state index in [1.54, 1.807) is 29.4 Å². The van der Waals surface area contributed by atoms with E-state index < -0.39 is 22.3 Å². The molecule has 2 aliphatic rings. The molecule has 0 saturated carbocycles. The van der Waals surface area contributed by atoms with Gasteiger partial charge in [0.05, 0.1) is 19.2 Å². The summed E-state index contributed by atoms with van der Waals surface area (Å²) in [6.07, 6.45) is 3.70. The number of ether oxygens (including phenoxy) is 1. The van der Waals surface area contributed by atoms with E-state index in [1.165, 1.54) is 12.1 Å². The Morgan fingerprint density at radius 2 is 1.66 bits per heavy atom. The van der Waals surface area contributed by atoms with Crippen LogP contribution in [0.1, 0.15) is 41.4 Å². The van der Waals surface area contributed by atoms with Gasteiger partial charge in [0.25, 0.3) is 6.43 Å². The Kier molecular flexibility index (Phi) is 8.01. The Balaban J connectivity index is 1.26. The molecule has 2 aliphatic heterocycles. The topological polar surface area (TPSA) is 75.6 Å². The van der Waals surface area contributed by atoms with Gasteiger partial charge in [0.2, 0.25) is 0 Å².